The Morgan fingerprint density at radius 3 is 2.52 bits per heavy atom. The molecule has 0 saturated heterocycles. The summed E-state index contributed by atoms with van der Waals surface area (Å²) in [6, 6.07) is 5.95. The summed E-state index contributed by atoms with van der Waals surface area (Å²) in [6.45, 7) is 3.72. The van der Waals surface area contributed by atoms with Crippen LogP contribution in [0, 0.1) is 6.92 Å². The summed E-state index contributed by atoms with van der Waals surface area (Å²) in [5.41, 5.74) is 2.44. The average molecular weight is 289 g/mol. The summed E-state index contributed by atoms with van der Waals surface area (Å²) in [7, 11) is 0. The van der Waals surface area contributed by atoms with Crippen LogP contribution < -0.4 is 16.0 Å². The molecule has 1 aromatic rings. The van der Waals surface area contributed by atoms with Gasteiger partial charge in [0.1, 0.15) is 0 Å². The van der Waals surface area contributed by atoms with Gasteiger partial charge in [0.15, 0.2) is 0 Å². The largest absolute Gasteiger partial charge is 0.326 e. The highest BCUT2D eigenvalue weighted by molar-refractivity contribution is 5.93. The van der Waals surface area contributed by atoms with E-state index < -0.39 is 0 Å². The SMILES string of the molecule is CC(=O)Nc1ccc(NC(=O)CNC2CCCC2)cc1C. The Morgan fingerprint density at radius 1 is 1.19 bits per heavy atom. The molecule has 0 aromatic heterocycles. The fourth-order valence-corrected chi connectivity index (χ4v) is 2.64. The Labute approximate surface area is 125 Å². The fourth-order valence-electron chi connectivity index (χ4n) is 2.64. The van der Waals surface area contributed by atoms with Crippen molar-refractivity contribution in [3.05, 3.63) is 23.8 Å². The number of rotatable bonds is 5. The normalized spacial score (nSPS) is 15.0. The van der Waals surface area contributed by atoms with Crippen LogP contribution in [0.3, 0.4) is 0 Å². The maximum atomic E-state index is 11.9. The van der Waals surface area contributed by atoms with Crippen molar-refractivity contribution in [1.29, 1.82) is 0 Å². The number of benzene rings is 1. The topological polar surface area (TPSA) is 70.2 Å². The zero-order valence-corrected chi connectivity index (χ0v) is 12.7. The number of hydrogen-bond acceptors (Lipinski definition) is 3. The van der Waals surface area contributed by atoms with Crippen LogP contribution in [0.25, 0.3) is 0 Å². The molecule has 5 nitrogen and oxygen atoms in total. The molecule has 3 N–H and O–H groups in total. The second-order valence-electron chi connectivity index (χ2n) is 5.62. The highest BCUT2D eigenvalue weighted by Gasteiger charge is 2.15. The van der Waals surface area contributed by atoms with Gasteiger partial charge in [0.05, 0.1) is 6.54 Å². The second kappa shape index (κ2) is 7.22. The van der Waals surface area contributed by atoms with E-state index in [9.17, 15) is 9.59 Å². The molecular weight excluding hydrogens is 266 g/mol. The molecule has 5 heteroatoms. The van der Waals surface area contributed by atoms with Gasteiger partial charge >= 0.3 is 0 Å². The first-order chi connectivity index (χ1) is 10.0. The quantitative estimate of drug-likeness (QED) is 0.779. The van der Waals surface area contributed by atoms with Crippen molar-refractivity contribution in [3.63, 3.8) is 0 Å². The molecule has 0 aliphatic heterocycles. The molecule has 2 amide bonds. The van der Waals surface area contributed by atoms with E-state index >= 15 is 0 Å². The number of nitrogens with one attached hydrogen (secondary N) is 3. The van der Waals surface area contributed by atoms with Gasteiger partial charge in [0.25, 0.3) is 0 Å². The fraction of sp³-hybridized carbons (Fsp3) is 0.500. The van der Waals surface area contributed by atoms with E-state index in [0.717, 1.165) is 29.8 Å². The molecule has 1 aromatic carbocycles. The lowest BCUT2D eigenvalue weighted by molar-refractivity contribution is -0.115. The van der Waals surface area contributed by atoms with Crippen LogP contribution >= 0.6 is 0 Å². The Balaban J connectivity index is 1.85. The third-order valence-corrected chi connectivity index (χ3v) is 3.73. The molecule has 0 heterocycles. The zero-order chi connectivity index (χ0) is 15.2. The standard InChI is InChI=1S/C16H23N3O2/c1-11-9-14(7-8-15(11)18-12(2)20)19-16(21)10-17-13-5-3-4-6-13/h7-9,13,17H,3-6,10H2,1-2H3,(H,18,20)(H,19,21). The van der Waals surface area contributed by atoms with Crippen LogP contribution in [-0.4, -0.2) is 24.4 Å². The maximum absolute atomic E-state index is 11.9. The predicted molar refractivity (Wildman–Crippen MR) is 84.4 cm³/mol. The molecule has 1 aliphatic rings. The predicted octanol–water partition coefficient (Wildman–Crippen LogP) is 2.42. The third-order valence-electron chi connectivity index (χ3n) is 3.73. The van der Waals surface area contributed by atoms with E-state index in [0.29, 0.717) is 12.6 Å². The molecule has 2 rings (SSSR count). The van der Waals surface area contributed by atoms with Gasteiger partial charge in [-0.15, -0.1) is 0 Å². The van der Waals surface area contributed by atoms with Crippen LogP contribution in [0.15, 0.2) is 18.2 Å². The van der Waals surface area contributed by atoms with E-state index in [1.165, 1.54) is 19.8 Å². The number of hydrogen-bond donors (Lipinski definition) is 3. The zero-order valence-electron chi connectivity index (χ0n) is 12.7. The second-order valence-corrected chi connectivity index (χ2v) is 5.62. The monoisotopic (exact) mass is 289 g/mol. The van der Waals surface area contributed by atoms with Crippen molar-refractivity contribution in [3.8, 4) is 0 Å². The number of aryl methyl sites for hydroxylation is 1. The van der Waals surface area contributed by atoms with Gasteiger partial charge in [-0.25, -0.2) is 0 Å². The first-order valence-electron chi connectivity index (χ1n) is 7.46. The Kier molecular flexibility index (Phi) is 5.33. The van der Waals surface area contributed by atoms with Crippen LogP contribution in [0.1, 0.15) is 38.2 Å². The van der Waals surface area contributed by atoms with Gasteiger partial charge in [-0.05, 0) is 43.5 Å². The summed E-state index contributed by atoms with van der Waals surface area (Å²) in [5.74, 6) is -0.135. The summed E-state index contributed by atoms with van der Waals surface area (Å²) < 4.78 is 0. The number of amides is 2. The summed E-state index contributed by atoms with van der Waals surface area (Å²) >= 11 is 0. The minimum atomic E-state index is -0.101. The van der Waals surface area contributed by atoms with Gasteiger partial charge in [-0.1, -0.05) is 12.8 Å². The van der Waals surface area contributed by atoms with Crippen molar-refractivity contribution >= 4 is 23.2 Å². The molecule has 0 spiro atoms. The van der Waals surface area contributed by atoms with Crippen LogP contribution in [0.2, 0.25) is 0 Å². The molecular formula is C16H23N3O2. The van der Waals surface area contributed by atoms with Crippen molar-refractivity contribution in [2.45, 2.75) is 45.6 Å². The Hall–Kier alpha value is -1.88. The van der Waals surface area contributed by atoms with E-state index in [1.54, 1.807) is 12.1 Å². The summed E-state index contributed by atoms with van der Waals surface area (Å²) in [4.78, 5) is 22.9. The maximum Gasteiger partial charge on any atom is 0.238 e. The number of anilines is 2. The highest BCUT2D eigenvalue weighted by Crippen LogP contribution is 2.20. The van der Waals surface area contributed by atoms with Crippen molar-refractivity contribution in [2.75, 3.05) is 17.2 Å². The van der Waals surface area contributed by atoms with Crippen LogP contribution in [-0.2, 0) is 9.59 Å². The summed E-state index contributed by atoms with van der Waals surface area (Å²) in [5, 5.41) is 8.91. The van der Waals surface area contributed by atoms with E-state index in [2.05, 4.69) is 16.0 Å². The molecule has 1 fully saturated rings. The van der Waals surface area contributed by atoms with Crippen molar-refractivity contribution in [2.24, 2.45) is 0 Å². The van der Waals surface area contributed by atoms with Crippen LogP contribution in [0.4, 0.5) is 11.4 Å². The van der Waals surface area contributed by atoms with E-state index in [1.807, 2.05) is 13.0 Å². The average Bonchev–Trinajstić information content (AvgIpc) is 2.92. The molecule has 0 bridgehead atoms. The number of carbonyl (C=O) groups excluding carboxylic acids is 2. The molecule has 114 valence electrons. The van der Waals surface area contributed by atoms with Gasteiger partial charge < -0.3 is 16.0 Å². The molecule has 1 saturated carbocycles. The Morgan fingerprint density at radius 2 is 1.90 bits per heavy atom. The first-order valence-corrected chi connectivity index (χ1v) is 7.46. The molecule has 1 aliphatic carbocycles. The highest BCUT2D eigenvalue weighted by atomic mass is 16.2. The first kappa shape index (κ1) is 15.5. The lowest BCUT2D eigenvalue weighted by atomic mass is 10.1. The van der Waals surface area contributed by atoms with Gasteiger partial charge in [0, 0.05) is 24.3 Å². The smallest absolute Gasteiger partial charge is 0.238 e. The molecule has 21 heavy (non-hydrogen) atoms. The van der Waals surface area contributed by atoms with Gasteiger partial charge in [-0.3, -0.25) is 9.59 Å². The van der Waals surface area contributed by atoms with E-state index in [4.69, 9.17) is 0 Å². The summed E-state index contributed by atoms with van der Waals surface area (Å²) in [6.07, 6.45) is 4.84. The minimum absolute atomic E-state index is 0.0337. The lowest BCUT2D eigenvalue weighted by Gasteiger charge is -2.13. The Bertz CT molecular complexity index is 522. The van der Waals surface area contributed by atoms with Crippen molar-refractivity contribution < 1.29 is 9.59 Å². The molecule has 0 unspecified atom stereocenters. The van der Waals surface area contributed by atoms with Gasteiger partial charge in [-0.2, -0.15) is 0 Å². The van der Waals surface area contributed by atoms with Crippen molar-refractivity contribution in [1.82, 2.24) is 5.32 Å². The lowest BCUT2D eigenvalue weighted by Crippen LogP contribution is -2.34. The molecule has 0 radical (unpaired) electrons. The molecule has 0 atom stereocenters. The number of carbonyl (C=O) groups is 2. The van der Waals surface area contributed by atoms with Crippen LogP contribution in [0.5, 0.6) is 0 Å². The minimum Gasteiger partial charge on any atom is -0.326 e. The van der Waals surface area contributed by atoms with E-state index in [-0.39, 0.29) is 11.8 Å². The van der Waals surface area contributed by atoms with Gasteiger partial charge in [0.2, 0.25) is 11.8 Å². The third kappa shape index (κ3) is 4.86.